The maximum Gasteiger partial charge on any atom is 0.165 e. The molecule has 0 bridgehead atoms. The Morgan fingerprint density at radius 1 is 1.33 bits per heavy atom. The molecule has 5 heteroatoms. The molecule has 1 aliphatic rings. The highest BCUT2D eigenvalue weighted by Gasteiger charge is 2.15. The average molecular weight is 208 g/mol. The molecule has 1 heterocycles. The summed E-state index contributed by atoms with van der Waals surface area (Å²) in [4.78, 5) is 0. The zero-order chi connectivity index (χ0) is 10.7. The number of fused-ring (bicyclic) bond motifs is 1. The minimum absolute atomic E-state index is 0.554. The van der Waals surface area contributed by atoms with Crippen LogP contribution in [0, 0.1) is 0 Å². The van der Waals surface area contributed by atoms with E-state index in [-0.39, 0.29) is 0 Å². The molecular weight excluding hydrogens is 196 g/mol. The molecular formula is C10H12N2O3. The second kappa shape index (κ2) is 4.08. The van der Waals surface area contributed by atoms with Crippen LogP contribution in [0.25, 0.3) is 0 Å². The first kappa shape index (κ1) is 9.64. The van der Waals surface area contributed by atoms with Gasteiger partial charge in [-0.05, 0) is 6.07 Å². The molecule has 0 saturated heterocycles. The molecule has 5 nitrogen and oxygen atoms in total. The highest BCUT2D eigenvalue weighted by molar-refractivity contribution is 5.85. The van der Waals surface area contributed by atoms with Crippen LogP contribution in [0.3, 0.4) is 0 Å². The van der Waals surface area contributed by atoms with Gasteiger partial charge in [0.25, 0.3) is 0 Å². The lowest BCUT2D eigenvalue weighted by Gasteiger charge is -2.19. The van der Waals surface area contributed by atoms with E-state index in [1.165, 1.54) is 6.21 Å². The van der Waals surface area contributed by atoms with Crippen molar-refractivity contribution in [2.24, 2.45) is 10.9 Å². The molecule has 1 aromatic carbocycles. The van der Waals surface area contributed by atoms with E-state index in [1.54, 1.807) is 19.2 Å². The number of nitrogens with two attached hydrogens (primary N) is 1. The van der Waals surface area contributed by atoms with E-state index in [1.807, 2.05) is 0 Å². The summed E-state index contributed by atoms with van der Waals surface area (Å²) in [7, 11) is 1.58. The topological polar surface area (TPSA) is 66.1 Å². The van der Waals surface area contributed by atoms with Gasteiger partial charge in [-0.3, -0.25) is 0 Å². The van der Waals surface area contributed by atoms with Gasteiger partial charge in [0, 0.05) is 11.6 Å². The molecule has 1 aromatic rings. The first-order valence-corrected chi connectivity index (χ1v) is 4.56. The lowest BCUT2D eigenvalue weighted by molar-refractivity contribution is 0.171. The Hall–Kier alpha value is -1.91. The standard InChI is InChI=1S/C10H12N2O3/c1-13-8-5-10-9(14-2-3-15-10)4-7(8)6-12-11/h4-6H,2-3,11H2,1H3. The molecule has 2 N–H and O–H groups in total. The Morgan fingerprint density at radius 2 is 2.00 bits per heavy atom. The number of ether oxygens (including phenoxy) is 3. The number of rotatable bonds is 2. The van der Waals surface area contributed by atoms with Gasteiger partial charge in [-0.25, -0.2) is 0 Å². The fraction of sp³-hybridized carbons (Fsp3) is 0.300. The number of nitrogens with zero attached hydrogens (tertiary/aromatic N) is 1. The van der Waals surface area contributed by atoms with E-state index >= 15 is 0 Å². The van der Waals surface area contributed by atoms with Crippen LogP contribution in [-0.2, 0) is 0 Å². The molecule has 0 unspecified atom stereocenters. The Kier molecular flexibility index (Phi) is 2.62. The van der Waals surface area contributed by atoms with Gasteiger partial charge in [-0.15, -0.1) is 0 Å². The van der Waals surface area contributed by atoms with Crippen LogP contribution in [0.2, 0.25) is 0 Å². The summed E-state index contributed by atoms with van der Waals surface area (Å²) in [6, 6.07) is 3.56. The first-order chi connectivity index (χ1) is 7.35. The van der Waals surface area contributed by atoms with Crippen molar-refractivity contribution in [1.29, 1.82) is 0 Å². The van der Waals surface area contributed by atoms with Crippen LogP contribution >= 0.6 is 0 Å². The molecule has 80 valence electrons. The third-order valence-electron chi connectivity index (χ3n) is 2.11. The van der Waals surface area contributed by atoms with Crippen LogP contribution in [0.15, 0.2) is 17.2 Å². The van der Waals surface area contributed by atoms with Gasteiger partial charge in [0.2, 0.25) is 0 Å². The van der Waals surface area contributed by atoms with Crippen molar-refractivity contribution in [3.63, 3.8) is 0 Å². The highest BCUT2D eigenvalue weighted by atomic mass is 16.6. The summed E-state index contributed by atoms with van der Waals surface area (Å²) < 4.78 is 16.0. The number of methoxy groups -OCH3 is 1. The Labute approximate surface area is 87.4 Å². The number of hydrogen-bond donors (Lipinski definition) is 1. The quantitative estimate of drug-likeness (QED) is 0.442. The Bertz CT molecular complexity index is 390. The molecule has 0 fully saturated rings. The number of hydrogen-bond acceptors (Lipinski definition) is 5. The Balaban J connectivity index is 2.46. The van der Waals surface area contributed by atoms with Gasteiger partial charge in [-0.1, -0.05) is 0 Å². The van der Waals surface area contributed by atoms with Crippen molar-refractivity contribution in [3.8, 4) is 17.2 Å². The normalized spacial score (nSPS) is 14.2. The molecule has 0 spiro atoms. The van der Waals surface area contributed by atoms with E-state index < -0.39 is 0 Å². The monoisotopic (exact) mass is 208 g/mol. The van der Waals surface area contributed by atoms with Gasteiger partial charge in [0.05, 0.1) is 13.3 Å². The van der Waals surface area contributed by atoms with E-state index in [9.17, 15) is 0 Å². The van der Waals surface area contributed by atoms with Crippen molar-refractivity contribution in [3.05, 3.63) is 17.7 Å². The largest absolute Gasteiger partial charge is 0.496 e. The van der Waals surface area contributed by atoms with Crippen LogP contribution in [0.5, 0.6) is 17.2 Å². The van der Waals surface area contributed by atoms with Crippen LogP contribution < -0.4 is 20.1 Å². The molecule has 2 rings (SSSR count). The maximum absolute atomic E-state index is 5.43. The zero-order valence-electron chi connectivity index (χ0n) is 8.40. The van der Waals surface area contributed by atoms with E-state index in [0.717, 1.165) is 5.56 Å². The fourth-order valence-corrected chi connectivity index (χ4v) is 1.44. The van der Waals surface area contributed by atoms with Crippen molar-refractivity contribution >= 4 is 6.21 Å². The lowest BCUT2D eigenvalue weighted by atomic mass is 10.2. The summed E-state index contributed by atoms with van der Waals surface area (Å²) in [5, 5.41) is 3.46. The second-order valence-corrected chi connectivity index (χ2v) is 3.02. The molecule has 0 atom stereocenters. The van der Waals surface area contributed by atoms with E-state index in [0.29, 0.717) is 30.5 Å². The predicted molar refractivity (Wildman–Crippen MR) is 55.8 cm³/mol. The van der Waals surface area contributed by atoms with Gasteiger partial charge in [0.15, 0.2) is 11.5 Å². The van der Waals surface area contributed by atoms with Gasteiger partial charge >= 0.3 is 0 Å². The van der Waals surface area contributed by atoms with E-state index in [4.69, 9.17) is 20.1 Å². The van der Waals surface area contributed by atoms with Crippen LogP contribution in [0.1, 0.15) is 5.56 Å². The lowest BCUT2D eigenvalue weighted by Crippen LogP contribution is -2.15. The zero-order valence-corrected chi connectivity index (χ0v) is 8.40. The SMILES string of the molecule is COc1cc2c(cc1C=NN)OCCO2. The predicted octanol–water partition coefficient (Wildman–Crippen LogP) is 0.759. The van der Waals surface area contributed by atoms with Crippen molar-refractivity contribution in [2.75, 3.05) is 20.3 Å². The fourth-order valence-electron chi connectivity index (χ4n) is 1.44. The molecule has 0 aromatic heterocycles. The molecule has 0 saturated carbocycles. The van der Waals surface area contributed by atoms with Crippen molar-refractivity contribution in [1.82, 2.24) is 0 Å². The molecule has 0 aliphatic carbocycles. The summed E-state index contributed by atoms with van der Waals surface area (Å²) in [5.74, 6) is 7.14. The summed E-state index contributed by atoms with van der Waals surface area (Å²) in [6.07, 6.45) is 1.51. The summed E-state index contributed by atoms with van der Waals surface area (Å²) >= 11 is 0. The van der Waals surface area contributed by atoms with Crippen LogP contribution in [-0.4, -0.2) is 26.5 Å². The minimum atomic E-state index is 0.554. The van der Waals surface area contributed by atoms with E-state index in [2.05, 4.69) is 5.10 Å². The Morgan fingerprint density at radius 3 is 2.60 bits per heavy atom. The molecule has 1 aliphatic heterocycles. The van der Waals surface area contributed by atoms with Crippen molar-refractivity contribution < 1.29 is 14.2 Å². The highest BCUT2D eigenvalue weighted by Crippen LogP contribution is 2.35. The van der Waals surface area contributed by atoms with Gasteiger partial charge in [-0.2, -0.15) is 5.10 Å². The average Bonchev–Trinajstić information content (AvgIpc) is 2.28. The van der Waals surface area contributed by atoms with Crippen LogP contribution in [0.4, 0.5) is 0 Å². The maximum atomic E-state index is 5.43. The molecule has 15 heavy (non-hydrogen) atoms. The summed E-state index contributed by atoms with van der Waals surface area (Å²) in [6.45, 7) is 1.11. The molecule has 0 amide bonds. The smallest absolute Gasteiger partial charge is 0.165 e. The molecule has 0 radical (unpaired) electrons. The van der Waals surface area contributed by atoms with Gasteiger partial charge < -0.3 is 20.1 Å². The number of hydrazone groups is 1. The third-order valence-corrected chi connectivity index (χ3v) is 2.11. The third kappa shape index (κ3) is 1.81. The minimum Gasteiger partial charge on any atom is -0.496 e. The summed E-state index contributed by atoms with van der Waals surface area (Å²) in [5.41, 5.74) is 0.768. The second-order valence-electron chi connectivity index (χ2n) is 3.02. The van der Waals surface area contributed by atoms with Gasteiger partial charge in [0.1, 0.15) is 19.0 Å². The first-order valence-electron chi connectivity index (χ1n) is 4.56. The van der Waals surface area contributed by atoms with Crippen molar-refractivity contribution in [2.45, 2.75) is 0 Å². The number of benzene rings is 1.